The molecule has 4 rings (SSSR count). The van der Waals surface area contributed by atoms with Crippen LogP contribution in [0.5, 0.6) is 5.75 Å². The van der Waals surface area contributed by atoms with E-state index in [1.54, 1.807) is 13.3 Å². The molecule has 7 nitrogen and oxygen atoms in total. The minimum atomic E-state index is -0.280. The van der Waals surface area contributed by atoms with Gasteiger partial charge >= 0.3 is 0 Å². The highest BCUT2D eigenvalue weighted by atomic mass is 16.5. The highest BCUT2D eigenvalue weighted by Gasteiger charge is 2.10. The summed E-state index contributed by atoms with van der Waals surface area (Å²) in [5, 5.41) is 7.01. The van der Waals surface area contributed by atoms with Gasteiger partial charge in [-0.25, -0.2) is 9.97 Å². The van der Waals surface area contributed by atoms with Gasteiger partial charge in [0.05, 0.1) is 23.9 Å². The van der Waals surface area contributed by atoms with Gasteiger partial charge in [0.2, 0.25) is 5.95 Å². The van der Waals surface area contributed by atoms with E-state index < -0.39 is 0 Å². The van der Waals surface area contributed by atoms with Crippen LogP contribution in [0, 0.1) is 0 Å². The monoisotopic (exact) mass is 399 g/mol. The van der Waals surface area contributed by atoms with Gasteiger partial charge in [-0.3, -0.25) is 9.78 Å². The van der Waals surface area contributed by atoms with Gasteiger partial charge in [0.25, 0.3) is 5.91 Å². The molecular formula is C23H21N5O2. The van der Waals surface area contributed by atoms with Crippen molar-refractivity contribution >= 4 is 28.4 Å². The molecule has 0 aliphatic heterocycles. The molecule has 0 saturated heterocycles. The molecule has 0 radical (unpaired) electrons. The Hall–Kier alpha value is -4.00. The predicted molar refractivity (Wildman–Crippen MR) is 117 cm³/mol. The maximum absolute atomic E-state index is 12.6. The molecule has 0 bridgehead atoms. The second-order valence-electron chi connectivity index (χ2n) is 6.66. The molecule has 0 spiro atoms. The van der Waals surface area contributed by atoms with Crippen molar-refractivity contribution in [3.63, 3.8) is 0 Å². The Bertz CT molecular complexity index is 1140. The van der Waals surface area contributed by atoms with Gasteiger partial charge in [-0.1, -0.05) is 30.3 Å². The number of hydrogen-bond acceptors (Lipinski definition) is 6. The Kier molecular flexibility index (Phi) is 5.80. The summed E-state index contributed by atoms with van der Waals surface area (Å²) in [6, 6.07) is 17.4. The number of methoxy groups -OCH3 is 1. The van der Waals surface area contributed by atoms with Crippen molar-refractivity contribution in [2.24, 2.45) is 0 Å². The van der Waals surface area contributed by atoms with E-state index in [0.29, 0.717) is 23.7 Å². The summed E-state index contributed by atoms with van der Waals surface area (Å²) in [5.74, 6) is 1.04. The molecule has 2 aromatic heterocycles. The highest BCUT2D eigenvalue weighted by molar-refractivity contribution is 6.08. The van der Waals surface area contributed by atoms with Crippen LogP contribution in [-0.2, 0) is 6.42 Å². The molecular weight excluding hydrogens is 378 g/mol. The molecule has 7 heteroatoms. The summed E-state index contributed by atoms with van der Waals surface area (Å²) in [6.45, 7) is 0.680. The van der Waals surface area contributed by atoms with Crippen LogP contribution in [0.15, 0.2) is 73.2 Å². The number of amides is 1. The van der Waals surface area contributed by atoms with Gasteiger partial charge in [0, 0.05) is 30.5 Å². The average molecular weight is 399 g/mol. The molecule has 2 heterocycles. The molecule has 1 amide bonds. The van der Waals surface area contributed by atoms with Gasteiger partial charge in [0.15, 0.2) is 0 Å². The van der Waals surface area contributed by atoms with Crippen molar-refractivity contribution in [3.8, 4) is 5.75 Å². The third-order valence-corrected chi connectivity index (χ3v) is 4.65. The first-order valence-electron chi connectivity index (χ1n) is 9.57. The molecule has 30 heavy (non-hydrogen) atoms. The van der Waals surface area contributed by atoms with Gasteiger partial charge < -0.3 is 15.4 Å². The molecule has 2 aromatic carbocycles. The second kappa shape index (κ2) is 9.00. The Morgan fingerprint density at radius 2 is 1.73 bits per heavy atom. The molecule has 0 fully saturated rings. The summed E-state index contributed by atoms with van der Waals surface area (Å²) in [5.41, 5.74) is 2.96. The first-order chi connectivity index (χ1) is 14.7. The van der Waals surface area contributed by atoms with Crippen molar-refractivity contribution in [1.82, 2.24) is 15.0 Å². The smallest absolute Gasteiger partial charge is 0.258 e. The average Bonchev–Trinajstić information content (AvgIpc) is 2.80. The summed E-state index contributed by atoms with van der Waals surface area (Å²) >= 11 is 0. The fourth-order valence-corrected chi connectivity index (χ4v) is 3.05. The Morgan fingerprint density at radius 3 is 2.50 bits per heavy atom. The number of rotatable bonds is 7. The van der Waals surface area contributed by atoms with E-state index in [0.717, 1.165) is 23.1 Å². The molecule has 0 unspecified atom stereocenters. The molecule has 150 valence electrons. The van der Waals surface area contributed by atoms with E-state index in [1.165, 1.54) is 18.0 Å². The zero-order valence-electron chi connectivity index (χ0n) is 16.5. The van der Waals surface area contributed by atoms with E-state index in [2.05, 4.69) is 25.6 Å². The van der Waals surface area contributed by atoms with E-state index >= 15 is 0 Å². The number of carbonyl (C=O) groups excluding carboxylic acids is 1. The van der Waals surface area contributed by atoms with Gasteiger partial charge in [-0.15, -0.1) is 0 Å². The standard InChI is InChI=1S/C23H21N5O2/c1-30-19-9-7-16(8-10-19)11-13-25-23-26-14-18(15-27-23)22(29)28-20-6-2-4-17-5-3-12-24-21(17)20/h2-10,12,14-15H,11,13H2,1H3,(H,28,29)(H,25,26,27). The fraction of sp³-hybridized carbons (Fsp3) is 0.130. The van der Waals surface area contributed by atoms with Crippen LogP contribution >= 0.6 is 0 Å². The van der Waals surface area contributed by atoms with Crippen LogP contribution in [0.1, 0.15) is 15.9 Å². The molecule has 4 aromatic rings. The van der Waals surface area contributed by atoms with E-state index in [9.17, 15) is 4.79 Å². The molecule has 0 aliphatic carbocycles. The Labute approximate surface area is 174 Å². The highest BCUT2D eigenvalue weighted by Crippen LogP contribution is 2.21. The molecule has 0 aliphatic rings. The lowest BCUT2D eigenvalue weighted by molar-refractivity contribution is 0.102. The lowest BCUT2D eigenvalue weighted by Crippen LogP contribution is -2.14. The van der Waals surface area contributed by atoms with Crippen molar-refractivity contribution < 1.29 is 9.53 Å². The maximum Gasteiger partial charge on any atom is 0.258 e. The van der Waals surface area contributed by atoms with Crippen LogP contribution in [-0.4, -0.2) is 34.5 Å². The summed E-state index contributed by atoms with van der Waals surface area (Å²) < 4.78 is 5.16. The number of fused-ring (bicyclic) bond motifs is 1. The number of nitrogens with one attached hydrogen (secondary N) is 2. The topological polar surface area (TPSA) is 89.0 Å². The van der Waals surface area contributed by atoms with E-state index in [1.807, 2.05) is 54.6 Å². The van der Waals surface area contributed by atoms with Gasteiger partial charge in [-0.2, -0.15) is 0 Å². The van der Waals surface area contributed by atoms with Crippen molar-refractivity contribution in [3.05, 3.63) is 84.3 Å². The lowest BCUT2D eigenvalue weighted by Gasteiger charge is -2.09. The second-order valence-corrected chi connectivity index (χ2v) is 6.66. The predicted octanol–water partition coefficient (Wildman–Crippen LogP) is 3.94. The SMILES string of the molecule is COc1ccc(CCNc2ncc(C(=O)Nc3cccc4cccnc34)cn2)cc1. The van der Waals surface area contributed by atoms with Crippen LogP contribution in [0.25, 0.3) is 10.9 Å². The quantitative estimate of drug-likeness (QED) is 0.489. The van der Waals surface area contributed by atoms with E-state index in [-0.39, 0.29) is 5.91 Å². The number of benzene rings is 2. The minimum absolute atomic E-state index is 0.280. The third-order valence-electron chi connectivity index (χ3n) is 4.65. The summed E-state index contributed by atoms with van der Waals surface area (Å²) in [6.07, 6.45) is 5.55. The first kappa shape index (κ1) is 19.3. The number of hydrogen-bond donors (Lipinski definition) is 2. The Morgan fingerprint density at radius 1 is 0.967 bits per heavy atom. The number of carbonyl (C=O) groups is 1. The zero-order chi connectivity index (χ0) is 20.8. The van der Waals surface area contributed by atoms with E-state index in [4.69, 9.17) is 4.74 Å². The summed E-state index contributed by atoms with van der Waals surface area (Å²) in [7, 11) is 1.65. The normalized spacial score (nSPS) is 10.6. The lowest BCUT2D eigenvalue weighted by atomic mass is 10.1. The number of ether oxygens (including phenoxy) is 1. The molecule has 2 N–H and O–H groups in total. The Balaban J connectivity index is 1.35. The minimum Gasteiger partial charge on any atom is -0.497 e. The van der Waals surface area contributed by atoms with Gasteiger partial charge in [-0.05, 0) is 36.2 Å². The molecule has 0 atom stereocenters. The van der Waals surface area contributed by atoms with Crippen LogP contribution < -0.4 is 15.4 Å². The number of pyridine rings is 1. The third kappa shape index (κ3) is 4.52. The largest absolute Gasteiger partial charge is 0.497 e. The molecule has 0 saturated carbocycles. The van der Waals surface area contributed by atoms with Crippen molar-refractivity contribution in [1.29, 1.82) is 0 Å². The number of anilines is 2. The first-order valence-corrected chi connectivity index (χ1v) is 9.57. The zero-order valence-corrected chi connectivity index (χ0v) is 16.5. The fourth-order valence-electron chi connectivity index (χ4n) is 3.05. The van der Waals surface area contributed by atoms with Crippen LogP contribution in [0.3, 0.4) is 0 Å². The van der Waals surface area contributed by atoms with Crippen molar-refractivity contribution in [2.45, 2.75) is 6.42 Å². The summed E-state index contributed by atoms with van der Waals surface area (Å²) in [4.78, 5) is 25.4. The van der Waals surface area contributed by atoms with Crippen molar-refractivity contribution in [2.75, 3.05) is 24.3 Å². The van der Waals surface area contributed by atoms with Crippen LogP contribution in [0.2, 0.25) is 0 Å². The van der Waals surface area contributed by atoms with Gasteiger partial charge in [0.1, 0.15) is 5.75 Å². The maximum atomic E-state index is 12.6. The number of nitrogens with zero attached hydrogens (tertiary/aromatic N) is 3. The number of aromatic nitrogens is 3. The van der Waals surface area contributed by atoms with Crippen LogP contribution in [0.4, 0.5) is 11.6 Å². The number of para-hydroxylation sites is 1.